The zero-order valence-corrected chi connectivity index (χ0v) is 10.5. The van der Waals surface area contributed by atoms with Crippen molar-refractivity contribution in [3.05, 3.63) is 4.91 Å². The van der Waals surface area contributed by atoms with Gasteiger partial charge in [-0.05, 0) is 0 Å². The molecule has 0 aliphatic carbocycles. The van der Waals surface area contributed by atoms with Crippen LogP contribution in [0.2, 0.25) is 0 Å². The van der Waals surface area contributed by atoms with Gasteiger partial charge in [0, 0.05) is 22.3 Å². The van der Waals surface area contributed by atoms with Crippen molar-refractivity contribution in [2.24, 2.45) is 10.3 Å². The normalized spacial score (nSPS) is 13.2. The molecule has 0 spiro atoms. The van der Waals surface area contributed by atoms with Gasteiger partial charge in [-0.15, -0.1) is 4.91 Å². The van der Waals surface area contributed by atoms with Crippen molar-refractivity contribution in [3.63, 3.8) is 0 Å². The largest absolute Gasteiger partial charge is 0.359 e. The minimum absolute atomic E-state index is 0.0844. The summed E-state index contributed by atoms with van der Waals surface area (Å²) in [7, 11) is 5.97. The highest BCUT2D eigenvalue weighted by Gasteiger charge is 2.17. The van der Waals surface area contributed by atoms with E-state index in [1.165, 1.54) is 0 Å². The molecule has 0 aromatic carbocycles. The van der Waals surface area contributed by atoms with E-state index in [2.05, 4.69) is 9.47 Å². The minimum Gasteiger partial charge on any atom is -0.329 e. The zero-order valence-electron chi connectivity index (χ0n) is 9.71. The van der Waals surface area contributed by atoms with E-state index in [-0.39, 0.29) is 5.75 Å². The Kier molecular flexibility index (Phi) is 7.22. The molecule has 0 rings (SSSR count). The van der Waals surface area contributed by atoms with E-state index >= 15 is 0 Å². The van der Waals surface area contributed by atoms with Gasteiger partial charge < -0.3 is 10.2 Å². The second kappa shape index (κ2) is 7.55. The van der Waals surface area contributed by atoms with Gasteiger partial charge >= 0.3 is 5.97 Å². The van der Waals surface area contributed by atoms with Crippen molar-refractivity contribution < 1.29 is 19.1 Å². The molecule has 0 aromatic rings. The predicted octanol–water partition coefficient (Wildman–Crippen LogP) is -0.0907. The van der Waals surface area contributed by atoms with E-state index in [1.807, 2.05) is 21.1 Å². The van der Waals surface area contributed by atoms with E-state index in [1.54, 1.807) is 0 Å². The fourth-order valence-corrected chi connectivity index (χ4v) is 1.01. The van der Waals surface area contributed by atoms with Crippen molar-refractivity contribution in [1.82, 2.24) is 0 Å². The van der Waals surface area contributed by atoms with Crippen molar-refractivity contribution >= 4 is 17.9 Å². The number of nitroso groups, excluding NO2 is 1. The molecule has 16 heavy (non-hydrogen) atoms. The molecule has 94 valence electrons. The number of rotatable bonds is 8. The van der Waals surface area contributed by atoms with Crippen LogP contribution in [0.3, 0.4) is 0 Å². The summed E-state index contributed by atoms with van der Waals surface area (Å²) >= 11 is 0.673. The van der Waals surface area contributed by atoms with Crippen LogP contribution < -0.4 is 5.73 Å². The number of carbonyl (C=O) groups is 1. The van der Waals surface area contributed by atoms with Gasteiger partial charge in [0.1, 0.15) is 19.2 Å². The number of nitrogens with zero attached hydrogens (tertiary/aromatic N) is 2. The summed E-state index contributed by atoms with van der Waals surface area (Å²) in [6.07, 6.45) is 0. The molecule has 7 nitrogen and oxygen atoms in total. The second-order valence-electron chi connectivity index (χ2n) is 4.22. The zero-order chi connectivity index (χ0) is 12.6. The molecule has 0 aliphatic heterocycles. The van der Waals surface area contributed by atoms with Crippen LogP contribution in [0.5, 0.6) is 0 Å². The van der Waals surface area contributed by atoms with E-state index in [0.29, 0.717) is 29.6 Å². The lowest BCUT2D eigenvalue weighted by Crippen LogP contribution is -2.39. The quantitative estimate of drug-likeness (QED) is 0.162. The molecule has 0 amide bonds. The fraction of sp³-hybridized carbons (Fsp3) is 0.875. The lowest BCUT2D eigenvalue weighted by Gasteiger charge is -2.22. The smallest absolute Gasteiger partial charge is 0.329 e. The van der Waals surface area contributed by atoms with Crippen LogP contribution in [0.15, 0.2) is 4.58 Å². The van der Waals surface area contributed by atoms with Gasteiger partial charge in [0.25, 0.3) is 0 Å². The second-order valence-corrected chi connectivity index (χ2v) is 4.96. The maximum absolute atomic E-state index is 11.1. The number of hydrogen-bond acceptors (Lipinski definition) is 7. The Morgan fingerprint density at radius 1 is 1.50 bits per heavy atom. The summed E-state index contributed by atoms with van der Waals surface area (Å²) < 4.78 is 3.23. The predicted molar refractivity (Wildman–Crippen MR) is 61.2 cm³/mol. The lowest BCUT2D eigenvalue weighted by molar-refractivity contribution is -0.871. The highest BCUT2D eigenvalue weighted by molar-refractivity contribution is 7.97. The summed E-state index contributed by atoms with van der Waals surface area (Å²) in [4.78, 5) is 30.1. The van der Waals surface area contributed by atoms with Crippen molar-refractivity contribution in [2.75, 3.05) is 40.0 Å². The van der Waals surface area contributed by atoms with E-state index < -0.39 is 12.0 Å². The Morgan fingerprint density at radius 2 is 2.12 bits per heavy atom. The Hall–Kier alpha value is -0.700. The topological polar surface area (TPSA) is 91.0 Å². The Morgan fingerprint density at radius 3 is 2.62 bits per heavy atom. The van der Waals surface area contributed by atoms with Crippen LogP contribution in [0.4, 0.5) is 0 Å². The number of hydrogen-bond donors (Lipinski definition) is 1. The molecule has 1 atom stereocenters. The first-order valence-corrected chi connectivity index (χ1v) is 5.65. The minimum atomic E-state index is -0.896. The molecule has 0 radical (unpaired) electrons. The maximum Gasteiger partial charge on any atom is 0.359 e. The summed E-state index contributed by atoms with van der Waals surface area (Å²) in [6, 6.07) is -0.896. The molecule has 8 heteroatoms. The first kappa shape index (κ1) is 15.3. The Labute approximate surface area is 98.9 Å². The van der Waals surface area contributed by atoms with Gasteiger partial charge in [-0.2, -0.15) is 4.89 Å². The molecular formula is C8H18N3O4S+. The lowest BCUT2D eigenvalue weighted by atomic mass is 10.4. The number of quaternary nitrogens is 1. The molecule has 0 aromatic heterocycles. The van der Waals surface area contributed by atoms with Crippen molar-refractivity contribution in [1.29, 1.82) is 0 Å². The van der Waals surface area contributed by atoms with Gasteiger partial charge in [0.2, 0.25) is 0 Å². The highest BCUT2D eigenvalue weighted by Crippen LogP contribution is 2.03. The third-order valence-corrected chi connectivity index (χ3v) is 2.21. The van der Waals surface area contributed by atoms with E-state index in [9.17, 15) is 9.70 Å². The van der Waals surface area contributed by atoms with Gasteiger partial charge in [-0.25, -0.2) is 4.79 Å². The Balaban J connectivity index is 3.61. The van der Waals surface area contributed by atoms with Crippen LogP contribution in [0.1, 0.15) is 0 Å². The standard InChI is InChI=1S/C8H18N3O4S/c1-11(2,3)4-5-14-15-8(12)7(9)6-16-10-13/h7H,4-6,9H2,1-3H3/q+1/t7-/m0/s1. The molecule has 2 N–H and O–H groups in total. The van der Waals surface area contributed by atoms with Crippen LogP contribution in [0.25, 0.3) is 0 Å². The van der Waals surface area contributed by atoms with Crippen molar-refractivity contribution in [3.8, 4) is 0 Å². The summed E-state index contributed by atoms with van der Waals surface area (Å²) in [5, 5.41) is 0. The monoisotopic (exact) mass is 252 g/mol. The van der Waals surface area contributed by atoms with Crippen molar-refractivity contribution in [2.45, 2.75) is 6.04 Å². The van der Waals surface area contributed by atoms with E-state index in [4.69, 9.17) is 10.6 Å². The number of likely N-dealkylation sites (N-methyl/N-ethyl adjacent to an activating group) is 1. The third kappa shape index (κ3) is 8.60. The molecule has 0 fully saturated rings. The van der Waals surface area contributed by atoms with Gasteiger partial charge in [-0.3, -0.25) is 4.89 Å². The maximum atomic E-state index is 11.1. The molecule has 0 aliphatic rings. The SMILES string of the molecule is C[N+](C)(C)CCOOC(=O)[C@@H](N)CSN=O. The van der Waals surface area contributed by atoms with Gasteiger partial charge in [-0.1, -0.05) is 0 Å². The number of nitrogens with two attached hydrogens (primary N) is 1. The average molecular weight is 252 g/mol. The Bertz CT molecular complexity index is 232. The highest BCUT2D eigenvalue weighted by atomic mass is 32.2. The summed E-state index contributed by atoms with van der Waals surface area (Å²) in [6.45, 7) is 0.994. The molecule has 0 saturated carbocycles. The molecular weight excluding hydrogens is 234 g/mol. The van der Waals surface area contributed by atoms with Crippen LogP contribution in [-0.2, 0) is 14.6 Å². The number of carbonyl (C=O) groups excluding carboxylic acids is 1. The van der Waals surface area contributed by atoms with Crippen LogP contribution in [-0.4, -0.2) is 56.5 Å². The molecule has 0 heterocycles. The molecule has 0 saturated heterocycles. The summed E-state index contributed by atoms with van der Waals surface area (Å²) in [5.41, 5.74) is 5.39. The fourth-order valence-electron chi connectivity index (χ4n) is 0.651. The first-order chi connectivity index (χ1) is 7.37. The molecule has 0 unspecified atom stereocenters. The van der Waals surface area contributed by atoms with E-state index in [0.717, 1.165) is 0 Å². The molecule has 0 bridgehead atoms. The van der Waals surface area contributed by atoms with Gasteiger partial charge in [0.15, 0.2) is 0 Å². The van der Waals surface area contributed by atoms with Gasteiger partial charge in [0.05, 0.1) is 21.1 Å². The van der Waals surface area contributed by atoms with Crippen LogP contribution in [0, 0.1) is 4.91 Å². The third-order valence-electron chi connectivity index (χ3n) is 1.60. The van der Waals surface area contributed by atoms with Crippen LogP contribution >= 0.6 is 11.9 Å². The average Bonchev–Trinajstić information content (AvgIpc) is 2.19. The summed E-state index contributed by atoms with van der Waals surface area (Å²) in [5.74, 6) is -0.612. The first-order valence-electron chi connectivity index (χ1n) is 4.71.